The zero-order chi connectivity index (χ0) is 24.6. The summed E-state index contributed by atoms with van der Waals surface area (Å²) < 4.78 is 38.9. The molecule has 0 spiro atoms. The summed E-state index contributed by atoms with van der Waals surface area (Å²) in [7, 11) is 0. The topological polar surface area (TPSA) is 97.5 Å². The fourth-order valence-electron chi connectivity index (χ4n) is 4.44. The maximum atomic E-state index is 12.7. The van der Waals surface area contributed by atoms with Crippen molar-refractivity contribution in [3.05, 3.63) is 27.4 Å². The number of hydrogen-bond acceptors (Lipinski definition) is 6. The molecule has 0 saturated heterocycles. The third-order valence-corrected chi connectivity index (χ3v) is 7.19. The summed E-state index contributed by atoms with van der Waals surface area (Å²) in [6.45, 7) is 1.90. The Morgan fingerprint density at radius 1 is 1.15 bits per heavy atom. The summed E-state index contributed by atoms with van der Waals surface area (Å²) in [6.07, 6.45) is 0.800. The van der Waals surface area contributed by atoms with Gasteiger partial charge in [-0.05, 0) is 37.4 Å². The molecular weight excluding hydrogens is 469 g/mol. The molecule has 1 aromatic heterocycles. The first-order chi connectivity index (χ1) is 16.2. The fourth-order valence-corrected chi connectivity index (χ4v) is 5.33. The van der Waals surface area contributed by atoms with Gasteiger partial charge in [0.1, 0.15) is 11.3 Å². The summed E-state index contributed by atoms with van der Waals surface area (Å²) in [5.41, 5.74) is 1.41. The third kappa shape index (κ3) is 8.28. The molecule has 0 bridgehead atoms. The summed E-state index contributed by atoms with van der Waals surface area (Å²) >= 11 is 1.07. The van der Waals surface area contributed by atoms with Crippen LogP contribution in [0.25, 0.3) is 10.2 Å². The molecule has 190 valence electrons. The maximum Gasteiger partial charge on any atom is 0.390 e. The average Bonchev–Trinajstić information content (AvgIpc) is 3.20. The molecule has 1 aromatic carbocycles. The van der Waals surface area contributed by atoms with Crippen molar-refractivity contribution in [2.75, 3.05) is 32.7 Å². The van der Waals surface area contributed by atoms with Gasteiger partial charge in [0.2, 0.25) is 5.91 Å². The van der Waals surface area contributed by atoms with E-state index in [9.17, 15) is 27.9 Å². The second kappa shape index (κ2) is 12.6. The Morgan fingerprint density at radius 3 is 2.65 bits per heavy atom. The van der Waals surface area contributed by atoms with Crippen molar-refractivity contribution in [2.45, 2.75) is 63.6 Å². The van der Waals surface area contributed by atoms with Crippen LogP contribution in [0.15, 0.2) is 16.9 Å². The normalized spacial score (nSPS) is 15.3. The van der Waals surface area contributed by atoms with E-state index in [-0.39, 0.29) is 35.5 Å². The number of aromatic hydroxyl groups is 1. The smallest absolute Gasteiger partial charge is 0.390 e. The minimum Gasteiger partial charge on any atom is -0.506 e. The highest BCUT2D eigenvalue weighted by molar-refractivity contribution is 7.16. The molecule has 4 N–H and O–H groups in total. The van der Waals surface area contributed by atoms with Gasteiger partial charge in [-0.1, -0.05) is 36.7 Å². The molecule has 1 heterocycles. The number of carbonyl (C=O) groups excluding carboxylic acids is 1. The van der Waals surface area contributed by atoms with E-state index in [0.717, 1.165) is 53.7 Å². The van der Waals surface area contributed by atoms with Crippen molar-refractivity contribution in [3.8, 4) is 5.75 Å². The molecule has 34 heavy (non-hydrogen) atoms. The van der Waals surface area contributed by atoms with Crippen LogP contribution in [-0.2, 0) is 11.2 Å². The Kier molecular flexibility index (Phi) is 9.78. The van der Waals surface area contributed by atoms with Crippen LogP contribution < -0.4 is 15.5 Å². The second-order valence-corrected chi connectivity index (χ2v) is 9.74. The molecular formula is C23H33F3N4O3S. The van der Waals surface area contributed by atoms with Crippen molar-refractivity contribution < 1.29 is 23.1 Å². The number of aromatic amines is 1. The largest absolute Gasteiger partial charge is 0.506 e. The first-order valence-corrected chi connectivity index (χ1v) is 12.7. The van der Waals surface area contributed by atoms with E-state index in [2.05, 4.69) is 15.6 Å². The van der Waals surface area contributed by atoms with Crippen LogP contribution in [0.4, 0.5) is 13.2 Å². The lowest BCUT2D eigenvalue weighted by Crippen LogP contribution is -2.41. The molecule has 0 atom stereocenters. The average molecular weight is 503 g/mol. The van der Waals surface area contributed by atoms with Gasteiger partial charge in [0.15, 0.2) is 0 Å². The molecule has 0 unspecified atom stereocenters. The number of thiazole rings is 1. The molecule has 11 heteroatoms. The predicted molar refractivity (Wildman–Crippen MR) is 127 cm³/mol. The van der Waals surface area contributed by atoms with Crippen LogP contribution in [0.1, 0.15) is 50.5 Å². The van der Waals surface area contributed by atoms with Gasteiger partial charge in [0.05, 0.1) is 11.1 Å². The number of nitrogens with zero attached hydrogens (tertiary/aromatic N) is 1. The van der Waals surface area contributed by atoms with E-state index in [0.29, 0.717) is 38.1 Å². The monoisotopic (exact) mass is 502 g/mol. The minimum absolute atomic E-state index is 0.0493. The predicted octanol–water partition coefficient (Wildman–Crippen LogP) is 3.52. The van der Waals surface area contributed by atoms with Crippen LogP contribution >= 0.6 is 11.3 Å². The number of carbonyl (C=O) groups is 1. The molecule has 3 rings (SSSR count). The number of benzene rings is 1. The molecule has 1 fully saturated rings. The zero-order valence-corrected chi connectivity index (χ0v) is 20.0. The van der Waals surface area contributed by atoms with E-state index >= 15 is 0 Å². The number of halogens is 3. The van der Waals surface area contributed by atoms with Crippen molar-refractivity contribution >= 4 is 27.5 Å². The Morgan fingerprint density at radius 2 is 1.91 bits per heavy atom. The molecule has 0 radical (unpaired) electrons. The van der Waals surface area contributed by atoms with Gasteiger partial charge in [-0.3, -0.25) is 14.5 Å². The first-order valence-electron chi connectivity index (χ1n) is 11.8. The molecule has 1 aliphatic carbocycles. The second-order valence-electron chi connectivity index (χ2n) is 8.76. The Hall–Kier alpha value is -2.11. The van der Waals surface area contributed by atoms with Gasteiger partial charge in [0.25, 0.3) is 0 Å². The van der Waals surface area contributed by atoms with Crippen molar-refractivity contribution in [3.63, 3.8) is 0 Å². The van der Waals surface area contributed by atoms with Gasteiger partial charge in [-0.25, -0.2) is 0 Å². The SMILES string of the molecule is O=C(CCN(CCC(F)(F)F)C1CCCCC1)NCCNCCc1ccc(O)c2[nH]c(=O)sc12. The van der Waals surface area contributed by atoms with Gasteiger partial charge < -0.3 is 20.7 Å². The van der Waals surface area contributed by atoms with Gasteiger partial charge in [-0.2, -0.15) is 13.2 Å². The van der Waals surface area contributed by atoms with E-state index in [1.807, 2.05) is 4.90 Å². The number of H-pyrrole nitrogens is 1. The number of fused-ring (bicyclic) bond motifs is 1. The van der Waals surface area contributed by atoms with E-state index < -0.39 is 12.6 Å². The van der Waals surface area contributed by atoms with Crippen LogP contribution in [-0.4, -0.2) is 65.8 Å². The van der Waals surface area contributed by atoms with Gasteiger partial charge >= 0.3 is 11.0 Å². The Balaban J connectivity index is 1.35. The molecule has 1 amide bonds. The molecule has 7 nitrogen and oxygen atoms in total. The van der Waals surface area contributed by atoms with Gasteiger partial charge in [-0.15, -0.1) is 0 Å². The Bertz CT molecular complexity index is 986. The Labute approximate surface area is 200 Å². The molecule has 0 aliphatic heterocycles. The van der Waals surface area contributed by atoms with E-state index in [1.54, 1.807) is 12.1 Å². The summed E-state index contributed by atoms with van der Waals surface area (Å²) in [5, 5.41) is 15.9. The van der Waals surface area contributed by atoms with Crippen LogP contribution in [0.5, 0.6) is 5.75 Å². The summed E-state index contributed by atoms with van der Waals surface area (Å²) in [4.78, 5) is 28.1. The van der Waals surface area contributed by atoms with Gasteiger partial charge in [0, 0.05) is 38.6 Å². The number of alkyl halides is 3. The van der Waals surface area contributed by atoms with Crippen LogP contribution in [0.2, 0.25) is 0 Å². The standard InChI is InChI=1S/C23H33F3N4O3S/c24-23(25,26)10-15-30(17-4-2-1-3-5-17)14-9-19(32)28-13-12-27-11-8-16-6-7-18(31)20-21(16)34-22(33)29-20/h6-7,17,27,31H,1-5,8-15H2,(H,28,32)(H,29,33). The summed E-state index contributed by atoms with van der Waals surface area (Å²) in [5.74, 6) is -0.111. The number of rotatable bonds is 12. The maximum absolute atomic E-state index is 12.7. The van der Waals surface area contributed by atoms with E-state index in [4.69, 9.17) is 0 Å². The number of nitrogens with one attached hydrogen (secondary N) is 3. The number of phenolic OH excluding ortho intramolecular Hbond substituents is 1. The molecule has 1 saturated carbocycles. The summed E-state index contributed by atoms with van der Waals surface area (Å²) in [6, 6.07) is 3.49. The quantitative estimate of drug-likeness (QED) is 0.333. The lowest BCUT2D eigenvalue weighted by atomic mass is 9.94. The van der Waals surface area contributed by atoms with Crippen LogP contribution in [0, 0.1) is 0 Å². The molecule has 2 aromatic rings. The highest BCUT2D eigenvalue weighted by atomic mass is 32.1. The number of amides is 1. The highest BCUT2D eigenvalue weighted by Crippen LogP contribution is 2.28. The van der Waals surface area contributed by atoms with Crippen LogP contribution in [0.3, 0.4) is 0 Å². The third-order valence-electron chi connectivity index (χ3n) is 6.23. The number of phenols is 1. The lowest BCUT2D eigenvalue weighted by molar-refractivity contribution is -0.139. The highest BCUT2D eigenvalue weighted by Gasteiger charge is 2.30. The first kappa shape index (κ1) is 26.5. The molecule has 1 aliphatic rings. The van der Waals surface area contributed by atoms with Crippen molar-refractivity contribution in [1.29, 1.82) is 0 Å². The van der Waals surface area contributed by atoms with Crippen molar-refractivity contribution in [1.82, 2.24) is 20.5 Å². The van der Waals surface area contributed by atoms with E-state index in [1.165, 1.54) is 0 Å². The fraction of sp³-hybridized carbons (Fsp3) is 0.652. The lowest BCUT2D eigenvalue weighted by Gasteiger charge is -2.34. The number of aromatic nitrogens is 1. The zero-order valence-electron chi connectivity index (χ0n) is 19.2. The number of hydrogen-bond donors (Lipinski definition) is 4. The van der Waals surface area contributed by atoms with Crippen molar-refractivity contribution in [2.24, 2.45) is 0 Å². The minimum atomic E-state index is -4.19.